The van der Waals surface area contributed by atoms with Crippen molar-refractivity contribution in [1.29, 1.82) is 0 Å². The van der Waals surface area contributed by atoms with E-state index in [0.717, 1.165) is 0 Å². The highest BCUT2D eigenvalue weighted by Crippen LogP contribution is 2.13. The maximum atomic E-state index is 11.7. The molecule has 1 aliphatic heterocycles. The molecule has 0 aromatic rings. The summed E-state index contributed by atoms with van der Waals surface area (Å²) in [7, 11) is 0. The van der Waals surface area contributed by atoms with E-state index in [-0.39, 0.29) is 25.2 Å². The lowest BCUT2D eigenvalue weighted by Crippen LogP contribution is -2.53. The number of nitrogens with one attached hydrogen (secondary N) is 3. The van der Waals surface area contributed by atoms with Crippen molar-refractivity contribution in [3.8, 4) is 0 Å². The molecule has 20 heavy (non-hydrogen) atoms. The van der Waals surface area contributed by atoms with Gasteiger partial charge in [-0.1, -0.05) is 0 Å². The van der Waals surface area contributed by atoms with E-state index in [2.05, 4.69) is 16.0 Å². The number of hydrogen-bond donors (Lipinski definition) is 4. The molecule has 1 aliphatic rings. The third kappa shape index (κ3) is 4.69. The van der Waals surface area contributed by atoms with Crippen LogP contribution < -0.4 is 16.0 Å². The maximum Gasteiger partial charge on any atom is 0.315 e. The van der Waals surface area contributed by atoms with Crippen LogP contribution in [0.4, 0.5) is 4.79 Å². The van der Waals surface area contributed by atoms with Crippen LogP contribution in [0.5, 0.6) is 0 Å². The van der Waals surface area contributed by atoms with E-state index < -0.39 is 30.0 Å². The molecule has 0 aromatic heterocycles. The molecule has 3 atom stereocenters. The number of carboxylic acids is 1. The molecule has 3 amide bonds. The van der Waals surface area contributed by atoms with Gasteiger partial charge in [0.1, 0.15) is 12.0 Å². The van der Waals surface area contributed by atoms with Gasteiger partial charge >= 0.3 is 12.0 Å². The van der Waals surface area contributed by atoms with Gasteiger partial charge in [0.15, 0.2) is 0 Å². The van der Waals surface area contributed by atoms with Crippen LogP contribution in [0.2, 0.25) is 0 Å². The number of carboxylic acid groups (broad SMARTS) is 1. The molecule has 1 rings (SSSR count). The molecule has 0 bridgehead atoms. The van der Waals surface area contributed by atoms with Crippen molar-refractivity contribution in [2.45, 2.75) is 38.9 Å². The molecule has 0 aliphatic carbocycles. The molecule has 0 spiro atoms. The van der Waals surface area contributed by atoms with Crippen molar-refractivity contribution in [3.05, 3.63) is 0 Å². The molecular weight excluding hydrogens is 266 g/mol. The number of rotatable bonds is 5. The summed E-state index contributed by atoms with van der Waals surface area (Å²) in [4.78, 5) is 34.3. The summed E-state index contributed by atoms with van der Waals surface area (Å²) < 4.78 is 5.03. The molecule has 3 unspecified atom stereocenters. The van der Waals surface area contributed by atoms with Crippen LogP contribution in [0.1, 0.15) is 20.8 Å². The highest BCUT2D eigenvalue weighted by molar-refractivity contribution is 5.87. The summed E-state index contributed by atoms with van der Waals surface area (Å²) in [6, 6.07) is -1.90. The summed E-state index contributed by atoms with van der Waals surface area (Å²) in [5, 5.41) is 16.6. The van der Waals surface area contributed by atoms with Gasteiger partial charge in [0.25, 0.3) is 0 Å². The highest BCUT2D eigenvalue weighted by Gasteiger charge is 2.35. The van der Waals surface area contributed by atoms with E-state index >= 15 is 0 Å². The van der Waals surface area contributed by atoms with Crippen molar-refractivity contribution in [3.63, 3.8) is 0 Å². The van der Waals surface area contributed by atoms with Gasteiger partial charge in [-0.15, -0.1) is 0 Å². The summed E-state index contributed by atoms with van der Waals surface area (Å²) in [6.07, 6.45) is 0. The molecule has 0 radical (unpaired) electrons. The Bertz CT molecular complexity index is 385. The maximum absolute atomic E-state index is 11.7. The number of amides is 3. The topological polar surface area (TPSA) is 117 Å². The predicted molar refractivity (Wildman–Crippen MR) is 70.1 cm³/mol. The second-order valence-electron chi connectivity index (χ2n) is 5.09. The Balaban J connectivity index is 2.43. The van der Waals surface area contributed by atoms with Crippen LogP contribution in [-0.2, 0) is 14.3 Å². The summed E-state index contributed by atoms with van der Waals surface area (Å²) >= 11 is 0. The largest absolute Gasteiger partial charge is 0.481 e. The molecule has 1 saturated heterocycles. The molecule has 4 N–H and O–H groups in total. The first-order valence-electron chi connectivity index (χ1n) is 6.49. The zero-order valence-corrected chi connectivity index (χ0v) is 11.8. The van der Waals surface area contributed by atoms with E-state index in [4.69, 9.17) is 9.84 Å². The number of aliphatic carboxylic acids is 1. The minimum absolute atomic E-state index is 0.0190. The van der Waals surface area contributed by atoms with Crippen molar-refractivity contribution in [2.24, 2.45) is 5.92 Å². The Morgan fingerprint density at radius 1 is 1.15 bits per heavy atom. The SMILES string of the molecule is CC(C)NC(=O)C(C)NC(=O)NC1COCC1C(=O)O. The number of carbonyl (C=O) groups excluding carboxylic acids is 2. The number of urea groups is 1. The third-order valence-corrected chi connectivity index (χ3v) is 2.89. The molecule has 1 heterocycles. The van der Waals surface area contributed by atoms with Gasteiger partial charge in [0.05, 0.1) is 19.3 Å². The third-order valence-electron chi connectivity index (χ3n) is 2.89. The van der Waals surface area contributed by atoms with Crippen molar-refractivity contribution in [2.75, 3.05) is 13.2 Å². The van der Waals surface area contributed by atoms with E-state index in [1.807, 2.05) is 13.8 Å². The van der Waals surface area contributed by atoms with Gasteiger partial charge in [0.2, 0.25) is 5.91 Å². The van der Waals surface area contributed by atoms with Crippen LogP contribution in [-0.4, -0.2) is 54.4 Å². The van der Waals surface area contributed by atoms with Gasteiger partial charge in [-0.2, -0.15) is 0 Å². The molecule has 114 valence electrons. The monoisotopic (exact) mass is 287 g/mol. The van der Waals surface area contributed by atoms with Gasteiger partial charge < -0.3 is 25.8 Å². The van der Waals surface area contributed by atoms with Crippen LogP contribution >= 0.6 is 0 Å². The average molecular weight is 287 g/mol. The van der Waals surface area contributed by atoms with Crippen molar-refractivity contribution < 1.29 is 24.2 Å². The highest BCUT2D eigenvalue weighted by atomic mass is 16.5. The van der Waals surface area contributed by atoms with E-state index in [1.165, 1.54) is 0 Å². The lowest BCUT2D eigenvalue weighted by molar-refractivity contribution is -0.142. The second-order valence-corrected chi connectivity index (χ2v) is 5.09. The molecule has 0 aromatic carbocycles. The zero-order valence-electron chi connectivity index (χ0n) is 11.8. The normalized spacial score (nSPS) is 23.2. The molecular formula is C12H21N3O5. The van der Waals surface area contributed by atoms with E-state index in [0.29, 0.717) is 0 Å². The number of ether oxygens (including phenoxy) is 1. The Hall–Kier alpha value is -1.83. The molecule has 8 heteroatoms. The lowest BCUT2D eigenvalue weighted by atomic mass is 10.0. The van der Waals surface area contributed by atoms with Gasteiger partial charge in [0, 0.05) is 6.04 Å². The van der Waals surface area contributed by atoms with Gasteiger partial charge in [-0.05, 0) is 20.8 Å². The number of carbonyl (C=O) groups is 3. The fourth-order valence-electron chi connectivity index (χ4n) is 1.82. The minimum atomic E-state index is -1.02. The van der Waals surface area contributed by atoms with Crippen molar-refractivity contribution >= 4 is 17.9 Å². The van der Waals surface area contributed by atoms with Gasteiger partial charge in [-0.3, -0.25) is 9.59 Å². The first kappa shape index (κ1) is 16.2. The van der Waals surface area contributed by atoms with Crippen LogP contribution in [0.25, 0.3) is 0 Å². The number of hydrogen-bond acceptors (Lipinski definition) is 4. The van der Waals surface area contributed by atoms with Crippen LogP contribution in [0.3, 0.4) is 0 Å². The zero-order chi connectivity index (χ0) is 15.3. The fraction of sp³-hybridized carbons (Fsp3) is 0.750. The Morgan fingerprint density at radius 3 is 2.35 bits per heavy atom. The predicted octanol–water partition coefficient (Wildman–Crippen LogP) is -0.702. The molecule has 8 nitrogen and oxygen atoms in total. The van der Waals surface area contributed by atoms with Gasteiger partial charge in [-0.25, -0.2) is 4.79 Å². The quantitative estimate of drug-likeness (QED) is 0.533. The summed E-state index contributed by atoms with van der Waals surface area (Å²) in [5.74, 6) is -2.08. The molecule has 0 saturated carbocycles. The minimum Gasteiger partial charge on any atom is -0.481 e. The van der Waals surface area contributed by atoms with Crippen LogP contribution in [0.15, 0.2) is 0 Å². The average Bonchev–Trinajstić information content (AvgIpc) is 2.75. The second kappa shape index (κ2) is 7.09. The smallest absolute Gasteiger partial charge is 0.315 e. The van der Waals surface area contributed by atoms with Crippen molar-refractivity contribution in [1.82, 2.24) is 16.0 Å². The lowest BCUT2D eigenvalue weighted by Gasteiger charge is -2.19. The van der Waals surface area contributed by atoms with E-state index in [9.17, 15) is 14.4 Å². The first-order chi connectivity index (χ1) is 9.31. The van der Waals surface area contributed by atoms with Crippen LogP contribution in [0, 0.1) is 5.92 Å². The standard InChI is InChI=1S/C12H21N3O5/c1-6(2)13-10(16)7(3)14-12(19)15-9-5-20-4-8(9)11(17)18/h6-9H,4-5H2,1-3H3,(H,13,16)(H,17,18)(H2,14,15,19). The summed E-state index contributed by atoms with van der Waals surface area (Å²) in [6.45, 7) is 5.41. The summed E-state index contributed by atoms with van der Waals surface area (Å²) in [5.41, 5.74) is 0. The Morgan fingerprint density at radius 2 is 1.80 bits per heavy atom. The first-order valence-corrected chi connectivity index (χ1v) is 6.49. The fourth-order valence-corrected chi connectivity index (χ4v) is 1.82. The molecule has 1 fully saturated rings. The Kier molecular flexibility index (Phi) is 5.75. The van der Waals surface area contributed by atoms with E-state index in [1.54, 1.807) is 6.92 Å². The Labute approximate surface area is 117 Å².